The number of nitrogens with one attached hydrogen (secondary N) is 1. The Morgan fingerprint density at radius 2 is 2.18 bits per heavy atom. The van der Waals surface area contributed by atoms with Crippen LogP contribution in [0.2, 0.25) is 0 Å². The number of carbonyl (C=O) groups is 1. The zero-order chi connectivity index (χ0) is 12.3. The van der Waals surface area contributed by atoms with Gasteiger partial charge in [-0.15, -0.1) is 0 Å². The van der Waals surface area contributed by atoms with Gasteiger partial charge < -0.3 is 10.2 Å². The number of aliphatic hydroxyl groups excluding tert-OH is 1. The molecule has 0 bridgehead atoms. The van der Waals surface area contributed by atoms with Gasteiger partial charge in [-0.05, 0) is 44.3 Å². The lowest BCUT2D eigenvalue weighted by molar-refractivity contribution is -0.144. The molecule has 2 atom stereocenters. The fourth-order valence-corrected chi connectivity index (χ4v) is 3.78. The van der Waals surface area contributed by atoms with Crippen LogP contribution in [-0.4, -0.2) is 45.4 Å². The van der Waals surface area contributed by atoms with Crippen molar-refractivity contribution in [3.05, 3.63) is 0 Å². The SMILES string of the molecule is O=C(O)C1(NC2CC2)CCC(SCCCO)C1. The lowest BCUT2D eigenvalue weighted by atomic mass is 9.98. The second-order valence-electron chi connectivity index (χ2n) is 5.12. The highest BCUT2D eigenvalue weighted by atomic mass is 32.2. The maximum absolute atomic E-state index is 11.5. The molecule has 0 aromatic carbocycles. The van der Waals surface area contributed by atoms with Gasteiger partial charge in [0.15, 0.2) is 0 Å². The third-order valence-corrected chi connectivity index (χ3v) is 4.99. The van der Waals surface area contributed by atoms with E-state index in [0.717, 1.165) is 44.3 Å². The maximum Gasteiger partial charge on any atom is 0.323 e. The molecule has 2 unspecified atom stereocenters. The first-order valence-corrected chi connectivity index (χ1v) is 7.45. The molecule has 0 radical (unpaired) electrons. The molecule has 3 N–H and O–H groups in total. The Morgan fingerprint density at radius 1 is 1.41 bits per heavy atom. The predicted molar refractivity (Wildman–Crippen MR) is 68.3 cm³/mol. The molecule has 0 spiro atoms. The average Bonchev–Trinajstić information content (AvgIpc) is 2.99. The number of rotatable bonds is 7. The van der Waals surface area contributed by atoms with Crippen LogP contribution in [0, 0.1) is 0 Å². The minimum atomic E-state index is -0.686. The number of aliphatic carboxylic acids is 1. The topological polar surface area (TPSA) is 69.6 Å². The van der Waals surface area contributed by atoms with Gasteiger partial charge in [0.05, 0.1) is 0 Å². The normalized spacial score (nSPS) is 32.9. The molecule has 2 aliphatic carbocycles. The van der Waals surface area contributed by atoms with Crippen LogP contribution in [0.5, 0.6) is 0 Å². The highest BCUT2D eigenvalue weighted by Gasteiger charge is 2.48. The minimum absolute atomic E-state index is 0.226. The molecule has 2 rings (SSSR count). The van der Waals surface area contributed by atoms with Crippen LogP contribution in [-0.2, 0) is 4.79 Å². The summed E-state index contributed by atoms with van der Waals surface area (Å²) in [4.78, 5) is 11.5. The van der Waals surface area contributed by atoms with E-state index in [4.69, 9.17) is 5.11 Å². The van der Waals surface area contributed by atoms with Crippen molar-refractivity contribution < 1.29 is 15.0 Å². The molecule has 0 aliphatic heterocycles. The van der Waals surface area contributed by atoms with Gasteiger partial charge >= 0.3 is 5.97 Å². The van der Waals surface area contributed by atoms with Gasteiger partial charge in [0.1, 0.15) is 5.54 Å². The van der Waals surface area contributed by atoms with Gasteiger partial charge in [0, 0.05) is 17.9 Å². The molecule has 0 aromatic rings. The van der Waals surface area contributed by atoms with Gasteiger partial charge in [-0.2, -0.15) is 11.8 Å². The summed E-state index contributed by atoms with van der Waals surface area (Å²) in [5.74, 6) is 0.245. The van der Waals surface area contributed by atoms with Crippen molar-refractivity contribution in [2.24, 2.45) is 0 Å². The molecule has 0 heterocycles. The molecule has 17 heavy (non-hydrogen) atoms. The van der Waals surface area contributed by atoms with Crippen molar-refractivity contribution in [1.29, 1.82) is 0 Å². The monoisotopic (exact) mass is 259 g/mol. The second kappa shape index (κ2) is 5.59. The van der Waals surface area contributed by atoms with E-state index >= 15 is 0 Å². The molecule has 2 saturated carbocycles. The Kier molecular flexibility index (Phi) is 4.33. The van der Waals surface area contributed by atoms with Crippen molar-refractivity contribution in [1.82, 2.24) is 5.32 Å². The van der Waals surface area contributed by atoms with Crippen molar-refractivity contribution >= 4 is 17.7 Å². The smallest absolute Gasteiger partial charge is 0.323 e. The molecule has 5 heteroatoms. The van der Waals surface area contributed by atoms with E-state index in [1.54, 1.807) is 0 Å². The summed E-state index contributed by atoms with van der Waals surface area (Å²) in [5, 5.41) is 21.9. The standard InChI is InChI=1S/C12H21NO3S/c14-6-1-7-17-10-4-5-12(8-10,11(15)16)13-9-2-3-9/h9-10,13-14H,1-8H2,(H,15,16). The van der Waals surface area contributed by atoms with Crippen molar-refractivity contribution in [2.45, 2.75) is 55.4 Å². The quantitative estimate of drug-likeness (QED) is 0.600. The zero-order valence-electron chi connectivity index (χ0n) is 10.0. The molecule has 2 fully saturated rings. The van der Waals surface area contributed by atoms with Crippen molar-refractivity contribution in [3.63, 3.8) is 0 Å². The Labute approximate surface area is 106 Å². The summed E-state index contributed by atoms with van der Waals surface area (Å²) in [6, 6.07) is 0.437. The number of aliphatic hydroxyl groups is 1. The van der Waals surface area contributed by atoms with Crippen molar-refractivity contribution in [2.75, 3.05) is 12.4 Å². The minimum Gasteiger partial charge on any atom is -0.480 e. The second-order valence-corrected chi connectivity index (χ2v) is 6.53. The van der Waals surface area contributed by atoms with Crippen molar-refractivity contribution in [3.8, 4) is 0 Å². The number of carboxylic acid groups (broad SMARTS) is 1. The van der Waals surface area contributed by atoms with E-state index < -0.39 is 11.5 Å². The summed E-state index contributed by atoms with van der Waals surface area (Å²) < 4.78 is 0. The predicted octanol–water partition coefficient (Wildman–Crippen LogP) is 1.23. The number of hydrogen-bond donors (Lipinski definition) is 3. The van der Waals surface area contributed by atoms with Gasteiger partial charge in [-0.25, -0.2) is 0 Å². The summed E-state index contributed by atoms with van der Waals surface area (Å²) >= 11 is 1.81. The largest absolute Gasteiger partial charge is 0.480 e. The molecular weight excluding hydrogens is 238 g/mol. The van der Waals surface area contributed by atoms with E-state index in [9.17, 15) is 9.90 Å². The zero-order valence-corrected chi connectivity index (χ0v) is 10.8. The third-order valence-electron chi connectivity index (χ3n) is 3.59. The molecule has 0 amide bonds. The van der Waals surface area contributed by atoms with Crippen LogP contribution in [0.25, 0.3) is 0 Å². The van der Waals surface area contributed by atoms with E-state index in [1.165, 1.54) is 0 Å². The van der Waals surface area contributed by atoms with Crippen LogP contribution in [0.4, 0.5) is 0 Å². The highest BCUT2D eigenvalue weighted by molar-refractivity contribution is 7.99. The van der Waals surface area contributed by atoms with E-state index in [1.807, 2.05) is 11.8 Å². The summed E-state index contributed by atoms with van der Waals surface area (Å²) in [6.45, 7) is 0.226. The van der Waals surface area contributed by atoms with Crippen LogP contribution in [0.15, 0.2) is 0 Å². The van der Waals surface area contributed by atoms with Gasteiger partial charge in [-0.3, -0.25) is 10.1 Å². The van der Waals surface area contributed by atoms with Gasteiger partial charge in [0.25, 0.3) is 0 Å². The number of hydrogen-bond acceptors (Lipinski definition) is 4. The average molecular weight is 259 g/mol. The maximum atomic E-state index is 11.5. The first-order chi connectivity index (χ1) is 8.16. The molecule has 0 aromatic heterocycles. The third kappa shape index (κ3) is 3.36. The van der Waals surface area contributed by atoms with E-state index in [-0.39, 0.29) is 6.61 Å². The summed E-state index contributed by atoms with van der Waals surface area (Å²) in [7, 11) is 0. The van der Waals surface area contributed by atoms with Crippen LogP contribution in [0.1, 0.15) is 38.5 Å². The first kappa shape index (κ1) is 13.2. The van der Waals surface area contributed by atoms with E-state index in [2.05, 4.69) is 5.32 Å². The molecule has 98 valence electrons. The van der Waals surface area contributed by atoms with Gasteiger partial charge in [-0.1, -0.05) is 0 Å². The summed E-state index contributed by atoms with van der Waals surface area (Å²) in [5.41, 5.74) is -0.669. The Balaban J connectivity index is 1.84. The van der Waals surface area contributed by atoms with Crippen LogP contribution in [0.3, 0.4) is 0 Å². The number of thioether (sulfide) groups is 1. The van der Waals surface area contributed by atoms with E-state index in [0.29, 0.717) is 11.3 Å². The summed E-state index contributed by atoms with van der Waals surface area (Å²) in [6.07, 6.45) is 5.50. The fraction of sp³-hybridized carbons (Fsp3) is 0.917. The Hall–Kier alpha value is -0.260. The fourth-order valence-electron chi connectivity index (χ4n) is 2.46. The lowest BCUT2D eigenvalue weighted by Crippen LogP contribution is -2.51. The molecule has 4 nitrogen and oxygen atoms in total. The number of carboxylic acids is 1. The van der Waals surface area contributed by atoms with Crippen LogP contribution >= 0.6 is 11.8 Å². The highest BCUT2D eigenvalue weighted by Crippen LogP contribution is 2.39. The lowest BCUT2D eigenvalue weighted by Gasteiger charge is -2.26. The molecular formula is C12H21NO3S. The van der Waals surface area contributed by atoms with Crippen LogP contribution < -0.4 is 5.32 Å². The van der Waals surface area contributed by atoms with Gasteiger partial charge in [0.2, 0.25) is 0 Å². The Morgan fingerprint density at radius 3 is 2.76 bits per heavy atom. The molecule has 2 aliphatic rings. The first-order valence-electron chi connectivity index (χ1n) is 6.40. The Bertz CT molecular complexity index is 283. The molecule has 0 saturated heterocycles.